The predicted octanol–water partition coefficient (Wildman–Crippen LogP) is 4.03. The molecule has 1 amide bonds. The molecule has 7 heteroatoms. The van der Waals surface area contributed by atoms with E-state index < -0.39 is 6.09 Å². The van der Waals surface area contributed by atoms with Crippen LogP contribution in [0.1, 0.15) is 6.92 Å². The van der Waals surface area contributed by atoms with Gasteiger partial charge in [-0.3, -0.25) is 0 Å². The molecule has 1 aromatic heterocycles. The molecule has 1 heterocycles. The third-order valence-corrected chi connectivity index (χ3v) is 3.59. The third kappa shape index (κ3) is 3.07. The zero-order valence-corrected chi connectivity index (χ0v) is 13.9. The fourth-order valence-corrected chi connectivity index (χ4v) is 2.52. The number of para-hydroxylation sites is 1. The van der Waals surface area contributed by atoms with E-state index in [1.54, 1.807) is 19.1 Å². The number of amides is 1. The Balaban J connectivity index is 2.17. The number of aromatic nitrogens is 3. The molecule has 0 saturated carbocycles. The maximum atomic E-state index is 12.6. The highest BCUT2D eigenvalue weighted by Crippen LogP contribution is 2.23. The van der Waals surface area contributed by atoms with Gasteiger partial charge in [0.1, 0.15) is 0 Å². The van der Waals surface area contributed by atoms with E-state index in [0.717, 1.165) is 5.56 Å². The number of carbonyl (C=O) groups excluding carboxylic acids is 1. The van der Waals surface area contributed by atoms with Crippen molar-refractivity contribution < 1.29 is 9.53 Å². The summed E-state index contributed by atoms with van der Waals surface area (Å²) in [6.45, 7) is 2.02. The number of hydrogen-bond donors (Lipinski definition) is 1. The summed E-state index contributed by atoms with van der Waals surface area (Å²) < 4.78 is 7.04. The summed E-state index contributed by atoms with van der Waals surface area (Å²) in [7, 11) is 0. The second-order valence-corrected chi connectivity index (χ2v) is 5.26. The van der Waals surface area contributed by atoms with Crippen molar-refractivity contribution in [2.24, 2.45) is 0 Å². The maximum Gasteiger partial charge on any atom is 0.434 e. The maximum absolute atomic E-state index is 12.6. The molecule has 6 nitrogen and oxygen atoms in total. The summed E-state index contributed by atoms with van der Waals surface area (Å²) in [6.07, 6.45) is -0.529. The number of nitrogens with zero attached hydrogens (tertiary/aromatic N) is 3. The lowest BCUT2D eigenvalue weighted by atomic mass is 10.2. The Morgan fingerprint density at radius 2 is 1.79 bits per heavy atom. The predicted molar refractivity (Wildman–Crippen MR) is 94.2 cm³/mol. The quantitative estimate of drug-likeness (QED) is 0.728. The highest BCUT2D eigenvalue weighted by Gasteiger charge is 2.24. The molecule has 0 radical (unpaired) electrons. The molecule has 0 fully saturated rings. The van der Waals surface area contributed by atoms with Gasteiger partial charge in [0.15, 0.2) is 5.82 Å². The van der Waals surface area contributed by atoms with Crippen molar-refractivity contribution >= 4 is 24.0 Å². The fraction of sp³-hybridized carbons (Fsp3) is 0.118. The van der Waals surface area contributed by atoms with Crippen LogP contribution in [0, 0.1) is 4.77 Å². The molecular formula is C17H16N4O2S. The molecule has 24 heavy (non-hydrogen) atoms. The molecule has 0 saturated heterocycles. The molecule has 1 N–H and O–H groups in total. The van der Waals surface area contributed by atoms with E-state index in [1.807, 2.05) is 48.5 Å². The van der Waals surface area contributed by atoms with Gasteiger partial charge in [-0.2, -0.15) is 14.8 Å². The highest BCUT2D eigenvalue weighted by molar-refractivity contribution is 7.71. The van der Waals surface area contributed by atoms with Crippen molar-refractivity contribution in [2.75, 3.05) is 11.6 Å². The fourth-order valence-electron chi connectivity index (χ4n) is 2.31. The Bertz CT molecular complexity index is 874. The summed E-state index contributed by atoms with van der Waals surface area (Å²) in [5, 5.41) is 8.39. The first-order valence-corrected chi connectivity index (χ1v) is 7.88. The number of H-pyrrole nitrogens is 1. The van der Waals surface area contributed by atoms with E-state index in [2.05, 4.69) is 10.2 Å². The van der Waals surface area contributed by atoms with E-state index in [1.165, 1.54) is 9.69 Å². The smallest absolute Gasteiger partial charge is 0.434 e. The molecule has 0 spiro atoms. The molecule has 0 atom stereocenters. The van der Waals surface area contributed by atoms with Crippen molar-refractivity contribution in [3.05, 3.63) is 65.4 Å². The van der Waals surface area contributed by atoms with Gasteiger partial charge in [-0.25, -0.2) is 9.89 Å². The average molecular weight is 340 g/mol. The Hall–Kier alpha value is -2.93. The zero-order valence-electron chi connectivity index (χ0n) is 13.0. The van der Waals surface area contributed by atoms with Crippen LogP contribution in [0.3, 0.4) is 0 Å². The van der Waals surface area contributed by atoms with Gasteiger partial charge in [0.2, 0.25) is 4.77 Å². The summed E-state index contributed by atoms with van der Waals surface area (Å²) >= 11 is 5.35. The first-order valence-electron chi connectivity index (χ1n) is 7.47. The molecule has 0 aliphatic carbocycles. The monoisotopic (exact) mass is 340 g/mol. The van der Waals surface area contributed by atoms with E-state index in [9.17, 15) is 4.79 Å². The van der Waals surface area contributed by atoms with Crippen LogP contribution >= 0.6 is 12.2 Å². The van der Waals surface area contributed by atoms with Crippen molar-refractivity contribution in [1.82, 2.24) is 14.9 Å². The Morgan fingerprint density at radius 1 is 1.17 bits per heavy atom. The van der Waals surface area contributed by atoms with E-state index in [-0.39, 0.29) is 6.61 Å². The van der Waals surface area contributed by atoms with Crippen LogP contribution in [-0.2, 0) is 4.74 Å². The van der Waals surface area contributed by atoms with Crippen LogP contribution in [0.4, 0.5) is 10.5 Å². The number of carbonyl (C=O) groups is 1. The summed E-state index contributed by atoms with van der Waals surface area (Å²) in [6, 6.07) is 18.7. The molecule has 122 valence electrons. The van der Waals surface area contributed by atoms with Crippen LogP contribution < -0.4 is 5.01 Å². The molecule has 3 rings (SSSR count). The van der Waals surface area contributed by atoms with Crippen LogP contribution in [0.5, 0.6) is 0 Å². The van der Waals surface area contributed by atoms with Crippen molar-refractivity contribution in [3.8, 4) is 11.4 Å². The number of nitrogens with one attached hydrogen (secondary N) is 1. The summed E-state index contributed by atoms with van der Waals surface area (Å²) in [4.78, 5) is 12.6. The minimum atomic E-state index is -0.529. The molecular weight excluding hydrogens is 324 g/mol. The lowest BCUT2D eigenvalue weighted by molar-refractivity contribution is 0.157. The second kappa shape index (κ2) is 7.10. The van der Waals surface area contributed by atoms with Gasteiger partial charge in [-0.05, 0) is 31.3 Å². The largest absolute Gasteiger partial charge is 0.448 e. The topological polar surface area (TPSA) is 63.1 Å². The standard InChI is InChI=1S/C17H16N4O2S/c1-2-23-17(22)20(14-11-7-4-8-12-14)21-15(18-19-16(21)24)13-9-5-3-6-10-13/h3-12H,2H2,1H3,(H,19,24). The van der Waals surface area contributed by atoms with Gasteiger partial charge in [0.05, 0.1) is 12.3 Å². The molecule has 2 aromatic carbocycles. The van der Waals surface area contributed by atoms with Gasteiger partial charge < -0.3 is 4.74 Å². The summed E-state index contributed by atoms with van der Waals surface area (Å²) in [5.74, 6) is 0.525. The van der Waals surface area contributed by atoms with Crippen LogP contribution in [0.25, 0.3) is 11.4 Å². The minimum absolute atomic E-state index is 0.258. The molecule has 0 aliphatic rings. The Morgan fingerprint density at radius 3 is 2.42 bits per heavy atom. The van der Waals surface area contributed by atoms with Crippen molar-refractivity contribution in [3.63, 3.8) is 0 Å². The van der Waals surface area contributed by atoms with Crippen molar-refractivity contribution in [2.45, 2.75) is 6.92 Å². The minimum Gasteiger partial charge on any atom is -0.448 e. The van der Waals surface area contributed by atoms with Crippen LogP contribution in [-0.4, -0.2) is 27.6 Å². The van der Waals surface area contributed by atoms with Gasteiger partial charge in [-0.1, -0.05) is 48.5 Å². The molecule has 0 unspecified atom stereocenters. The average Bonchev–Trinajstić information content (AvgIpc) is 2.99. The van der Waals surface area contributed by atoms with Gasteiger partial charge in [0, 0.05) is 5.56 Å². The first kappa shape index (κ1) is 15.9. The van der Waals surface area contributed by atoms with E-state index in [0.29, 0.717) is 16.3 Å². The van der Waals surface area contributed by atoms with Crippen LogP contribution in [0.2, 0.25) is 0 Å². The number of ether oxygens (including phenoxy) is 1. The summed E-state index contributed by atoms with van der Waals surface area (Å²) in [5.41, 5.74) is 1.46. The third-order valence-electron chi connectivity index (χ3n) is 3.32. The SMILES string of the molecule is CCOC(=O)N(c1ccccc1)n1c(-c2ccccc2)n[nH]c1=S. The number of anilines is 1. The highest BCUT2D eigenvalue weighted by atomic mass is 32.1. The Kier molecular flexibility index (Phi) is 4.72. The number of rotatable bonds is 4. The van der Waals surface area contributed by atoms with Gasteiger partial charge in [-0.15, -0.1) is 0 Å². The number of aromatic amines is 1. The lowest BCUT2D eigenvalue weighted by Gasteiger charge is -2.23. The lowest BCUT2D eigenvalue weighted by Crippen LogP contribution is -2.37. The van der Waals surface area contributed by atoms with E-state index >= 15 is 0 Å². The number of hydrogen-bond acceptors (Lipinski definition) is 4. The molecule has 0 aliphatic heterocycles. The Labute approximate surface area is 144 Å². The molecule has 0 bridgehead atoms. The van der Waals surface area contributed by atoms with E-state index in [4.69, 9.17) is 17.0 Å². The molecule has 3 aromatic rings. The normalized spacial score (nSPS) is 10.4. The van der Waals surface area contributed by atoms with Gasteiger partial charge >= 0.3 is 6.09 Å². The van der Waals surface area contributed by atoms with Crippen LogP contribution in [0.15, 0.2) is 60.7 Å². The second-order valence-electron chi connectivity index (χ2n) is 4.88. The van der Waals surface area contributed by atoms with Gasteiger partial charge in [0.25, 0.3) is 0 Å². The zero-order chi connectivity index (χ0) is 16.9. The first-order chi connectivity index (χ1) is 11.7. The van der Waals surface area contributed by atoms with Crippen molar-refractivity contribution in [1.29, 1.82) is 0 Å². The number of benzene rings is 2.